The maximum atomic E-state index is 12.6. The minimum atomic E-state index is -0.236. The zero-order chi connectivity index (χ0) is 19.2. The molecule has 142 valence electrons. The van der Waals surface area contributed by atoms with Crippen molar-refractivity contribution in [2.45, 2.75) is 39.0 Å². The largest absolute Gasteiger partial charge is 0.465 e. The average molecular weight is 366 g/mol. The van der Waals surface area contributed by atoms with Crippen molar-refractivity contribution in [3.05, 3.63) is 59.6 Å². The van der Waals surface area contributed by atoms with Crippen molar-refractivity contribution in [2.24, 2.45) is 0 Å². The number of rotatable bonds is 6. The summed E-state index contributed by atoms with van der Waals surface area (Å²) in [5, 5.41) is 2.75. The lowest BCUT2D eigenvalue weighted by Gasteiger charge is -2.30. The maximum absolute atomic E-state index is 12.6. The predicted molar refractivity (Wildman–Crippen MR) is 107 cm³/mol. The summed E-state index contributed by atoms with van der Waals surface area (Å²) in [5.41, 5.74) is 3.56. The van der Waals surface area contributed by atoms with Crippen molar-refractivity contribution in [3.63, 3.8) is 0 Å². The van der Waals surface area contributed by atoms with Gasteiger partial charge in [-0.05, 0) is 54.2 Å². The zero-order valence-electron chi connectivity index (χ0n) is 15.9. The molecule has 0 atom stereocenters. The van der Waals surface area contributed by atoms with Crippen LogP contribution < -0.4 is 10.2 Å². The number of hydrogen-bond donors (Lipinski definition) is 1. The van der Waals surface area contributed by atoms with Crippen LogP contribution in [-0.4, -0.2) is 24.9 Å². The quantitative estimate of drug-likeness (QED) is 0.789. The lowest BCUT2D eigenvalue weighted by atomic mass is 9.94. The summed E-state index contributed by atoms with van der Waals surface area (Å²) in [4.78, 5) is 26.3. The highest BCUT2D eigenvalue weighted by Crippen LogP contribution is 2.30. The van der Waals surface area contributed by atoms with Gasteiger partial charge < -0.3 is 14.6 Å². The molecule has 2 amide bonds. The Morgan fingerprint density at radius 3 is 2.89 bits per heavy atom. The molecule has 0 aliphatic carbocycles. The smallest absolute Gasteiger partial charge is 0.244 e. The number of amides is 2. The number of nitrogens with one attached hydrogen (secondary N) is 1. The second kappa shape index (κ2) is 8.71. The van der Waals surface area contributed by atoms with E-state index in [1.807, 2.05) is 4.90 Å². The second-order valence-corrected chi connectivity index (χ2v) is 7.08. The minimum absolute atomic E-state index is 0.0450. The molecule has 0 fully saturated rings. The highest BCUT2D eigenvalue weighted by Gasteiger charge is 2.22. The van der Waals surface area contributed by atoms with Crippen molar-refractivity contribution in [1.82, 2.24) is 5.32 Å². The molecule has 0 bridgehead atoms. The number of carbonyl (C=O) groups is 2. The molecule has 1 aliphatic rings. The first-order valence-corrected chi connectivity index (χ1v) is 9.47. The molecule has 1 aromatic heterocycles. The van der Waals surface area contributed by atoms with Crippen LogP contribution in [0.3, 0.4) is 0 Å². The summed E-state index contributed by atoms with van der Waals surface area (Å²) in [6, 6.07) is 9.92. The van der Waals surface area contributed by atoms with Crippen LogP contribution >= 0.6 is 0 Å². The van der Waals surface area contributed by atoms with Gasteiger partial charge in [0.1, 0.15) is 5.76 Å². The van der Waals surface area contributed by atoms with E-state index in [4.69, 9.17) is 4.42 Å². The molecule has 5 nitrogen and oxygen atoms in total. The Balaban J connectivity index is 1.54. The van der Waals surface area contributed by atoms with Crippen LogP contribution in [0.5, 0.6) is 0 Å². The first-order valence-electron chi connectivity index (χ1n) is 9.47. The van der Waals surface area contributed by atoms with Crippen molar-refractivity contribution >= 4 is 23.6 Å². The van der Waals surface area contributed by atoms with Crippen LogP contribution in [0.1, 0.15) is 49.5 Å². The van der Waals surface area contributed by atoms with E-state index in [-0.39, 0.29) is 18.2 Å². The van der Waals surface area contributed by atoms with Gasteiger partial charge in [-0.15, -0.1) is 0 Å². The van der Waals surface area contributed by atoms with E-state index in [1.165, 1.54) is 17.2 Å². The van der Waals surface area contributed by atoms with Crippen LogP contribution in [0.2, 0.25) is 0 Å². The third kappa shape index (κ3) is 4.88. The van der Waals surface area contributed by atoms with Gasteiger partial charge in [-0.3, -0.25) is 9.59 Å². The van der Waals surface area contributed by atoms with E-state index in [0.717, 1.165) is 25.1 Å². The number of hydrogen-bond acceptors (Lipinski definition) is 3. The topological polar surface area (TPSA) is 62.6 Å². The summed E-state index contributed by atoms with van der Waals surface area (Å²) < 4.78 is 5.13. The van der Waals surface area contributed by atoms with Crippen molar-refractivity contribution in [3.8, 4) is 0 Å². The third-order valence-electron chi connectivity index (χ3n) is 4.77. The van der Waals surface area contributed by atoms with E-state index in [2.05, 4.69) is 37.4 Å². The number of anilines is 1. The van der Waals surface area contributed by atoms with Gasteiger partial charge >= 0.3 is 0 Å². The third-order valence-corrected chi connectivity index (χ3v) is 4.77. The summed E-state index contributed by atoms with van der Waals surface area (Å²) >= 11 is 0. The van der Waals surface area contributed by atoms with Crippen LogP contribution in [-0.2, 0) is 16.0 Å². The zero-order valence-corrected chi connectivity index (χ0v) is 15.9. The van der Waals surface area contributed by atoms with Crippen molar-refractivity contribution < 1.29 is 14.0 Å². The highest BCUT2D eigenvalue weighted by molar-refractivity contribution is 5.95. The Hall–Kier alpha value is -2.82. The fourth-order valence-corrected chi connectivity index (χ4v) is 3.27. The molecule has 1 N–H and O–H groups in total. The molecule has 2 heterocycles. The fourth-order valence-electron chi connectivity index (χ4n) is 3.27. The first-order chi connectivity index (χ1) is 13.0. The van der Waals surface area contributed by atoms with Gasteiger partial charge in [0, 0.05) is 31.3 Å². The monoisotopic (exact) mass is 366 g/mol. The molecule has 0 radical (unpaired) electrons. The molecule has 3 rings (SSSR count). The second-order valence-electron chi connectivity index (χ2n) is 7.08. The van der Waals surface area contributed by atoms with Crippen LogP contribution in [0, 0.1) is 0 Å². The normalized spacial score (nSPS) is 13.8. The maximum Gasteiger partial charge on any atom is 0.244 e. The van der Waals surface area contributed by atoms with E-state index < -0.39 is 0 Å². The van der Waals surface area contributed by atoms with E-state index in [0.29, 0.717) is 18.2 Å². The minimum Gasteiger partial charge on any atom is -0.465 e. The van der Waals surface area contributed by atoms with Gasteiger partial charge in [0.15, 0.2) is 0 Å². The van der Waals surface area contributed by atoms with E-state index >= 15 is 0 Å². The Labute approximate surface area is 160 Å². The van der Waals surface area contributed by atoms with Gasteiger partial charge in [0.2, 0.25) is 11.8 Å². The highest BCUT2D eigenvalue weighted by atomic mass is 16.3. The molecule has 2 aromatic rings. The SMILES string of the molecule is CC(C)c1ccc2c(c1)CCCN2C(=O)CCNC(=O)/C=C/c1ccco1. The lowest BCUT2D eigenvalue weighted by molar-refractivity contribution is -0.119. The molecular weight excluding hydrogens is 340 g/mol. The lowest BCUT2D eigenvalue weighted by Crippen LogP contribution is -2.37. The van der Waals surface area contributed by atoms with Gasteiger partial charge in [-0.25, -0.2) is 0 Å². The number of aryl methyl sites for hydroxylation is 1. The standard InChI is InChI=1S/C22H26N2O3/c1-16(2)17-7-9-20-18(15-17)5-3-13-24(20)22(26)11-12-23-21(25)10-8-19-6-4-14-27-19/h4,6-10,14-16H,3,5,11-13H2,1-2H3,(H,23,25)/b10-8+. The van der Waals surface area contributed by atoms with Gasteiger partial charge in [0.05, 0.1) is 6.26 Å². The molecule has 0 spiro atoms. The van der Waals surface area contributed by atoms with Crippen LogP contribution in [0.4, 0.5) is 5.69 Å². The summed E-state index contributed by atoms with van der Waals surface area (Å²) in [5.74, 6) is 0.904. The van der Waals surface area contributed by atoms with Gasteiger partial charge in [-0.1, -0.05) is 26.0 Å². The average Bonchev–Trinajstić information content (AvgIpc) is 3.19. The molecular formula is C22H26N2O3. The van der Waals surface area contributed by atoms with Crippen molar-refractivity contribution in [1.29, 1.82) is 0 Å². The van der Waals surface area contributed by atoms with E-state index in [1.54, 1.807) is 24.5 Å². The van der Waals surface area contributed by atoms with E-state index in [9.17, 15) is 9.59 Å². The molecule has 5 heteroatoms. The van der Waals surface area contributed by atoms with Crippen molar-refractivity contribution in [2.75, 3.05) is 18.0 Å². The summed E-state index contributed by atoms with van der Waals surface area (Å²) in [6.45, 7) is 5.41. The Kier molecular flexibility index (Phi) is 6.12. The summed E-state index contributed by atoms with van der Waals surface area (Å²) in [6.07, 6.45) is 6.83. The van der Waals surface area contributed by atoms with Gasteiger partial charge in [0.25, 0.3) is 0 Å². The van der Waals surface area contributed by atoms with Crippen LogP contribution in [0.25, 0.3) is 6.08 Å². The number of carbonyl (C=O) groups excluding carboxylic acids is 2. The molecule has 0 unspecified atom stereocenters. The number of furan rings is 1. The van der Waals surface area contributed by atoms with Crippen LogP contribution in [0.15, 0.2) is 47.1 Å². The van der Waals surface area contributed by atoms with Gasteiger partial charge in [-0.2, -0.15) is 0 Å². The number of nitrogens with zero attached hydrogens (tertiary/aromatic N) is 1. The number of benzene rings is 1. The summed E-state index contributed by atoms with van der Waals surface area (Å²) in [7, 11) is 0. The predicted octanol–water partition coefficient (Wildman–Crippen LogP) is 3.90. The Bertz CT molecular complexity index is 822. The molecule has 0 saturated carbocycles. The molecule has 0 saturated heterocycles. The molecule has 27 heavy (non-hydrogen) atoms. The number of fused-ring (bicyclic) bond motifs is 1. The molecule has 1 aliphatic heterocycles. The fraction of sp³-hybridized carbons (Fsp3) is 0.364. The Morgan fingerprint density at radius 1 is 1.30 bits per heavy atom. The first kappa shape index (κ1) is 19.0. The Morgan fingerprint density at radius 2 is 2.15 bits per heavy atom. The molecule has 1 aromatic carbocycles.